The molecule has 0 fully saturated rings. The third-order valence-electron chi connectivity index (χ3n) is 4.10. The van der Waals surface area contributed by atoms with Crippen LogP contribution in [0.4, 0.5) is 0 Å². The van der Waals surface area contributed by atoms with E-state index in [0.717, 1.165) is 24.0 Å². The number of aromatic nitrogens is 1. The summed E-state index contributed by atoms with van der Waals surface area (Å²) in [6.07, 6.45) is 5.87. The van der Waals surface area contributed by atoms with Crippen LogP contribution in [0.1, 0.15) is 12.0 Å². The quantitative estimate of drug-likeness (QED) is 0.522. The lowest BCUT2D eigenvalue weighted by Crippen LogP contribution is -2.42. The van der Waals surface area contributed by atoms with Crippen LogP contribution in [-0.4, -0.2) is 12.5 Å². The molecule has 3 heteroatoms. The molecule has 126 valence electrons. The second kappa shape index (κ2) is 8.78. The van der Waals surface area contributed by atoms with Crippen LogP contribution in [0, 0.1) is 0 Å². The van der Waals surface area contributed by atoms with Crippen molar-refractivity contribution in [2.75, 3.05) is 6.54 Å². The van der Waals surface area contributed by atoms with Gasteiger partial charge in [-0.05, 0) is 30.0 Å². The molecule has 1 N–H and O–H groups in total. The van der Waals surface area contributed by atoms with Crippen LogP contribution in [0.15, 0.2) is 85.2 Å². The molecule has 0 saturated heterocycles. The molecule has 0 aliphatic heterocycles. The summed E-state index contributed by atoms with van der Waals surface area (Å²) < 4.78 is 1.93. The van der Waals surface area contributed by atoms with Gasteiger partial charge in [-0.15, -0.1) is 0 Å². The third-order valence-corrected chi connectivity index (χ3v) is 4.10. The third kappa shape index (κ3) is 5.28. The first kappa shape index (κ1) is 16.9. The highest BCUT2D eigenvalue weighted by Crippen LogP contribution is 2.15. The Hall–Kier alpha value is -2.94. The Morgan fingerprint density at radius 2 is 1.52 bits per heavy atom. The minimum atomic E-state index is 0.0447. The lowest BCUT2D eigenvalue weighted by Gasteiger charge is -2.04. The number of carbonyl (C=O) groups excluding carboxylic acids is 1. The molecule has 2 aromatic carbocycles. The summed E-state index contributed by atoms with van der Waals surface area (Å²) in [4.78, 5) is 12.1. The molecule has 0 aliphatic rings. The fourth-order valence-electron chi connectivity index (χ4n) is 2.81. The largest absolute Gasteiger partial charge is 0.351 e. The zero-order valence-electron chi connectivity index (χ0n) is 14.3. The summed E-state index contributed by atoms with van der Waals surface area (Å²) in [5.41, 5.74) is 3.57. The Labute approximate surface area is 149 Å². The highest BCUT2D eigenvalue weighted by molar-refractivity contribution is 5.74. The number of aryl methyl sites for hydroxylation is 1. The van der Waals surface area contributed by atoms with E-state index in [1.807, 2.05) is 59.4 Å². The Kier molecular flexibility index (Phi) is 5.94. The van der Waals surface area contributed by atoms with Gasteiger partial charge < -0.3 is 5.32 Å². The van der Waals surface area contributed by atoms with Gasteiger partial charge in [0, 0.05) is 18.2 Å². The predicted molar refractivity (Wildman–Crippen MR) is 99.8 cm³/mol. The normalized spacial score (nSPS) is 10.4. The highest BCUT2D eigenvalue weighted by Gasteiger charge is 2.10. The van der Waals surface area contributed by atoms with Crippen molar-refractivity contribution < 1.29 is 9.36 Å². The molecule has 0 atom stereocenters. The number of rotatable bonds is 7. The summed E-state index contributed by atoms with van der Waals surface area (Å²) in [7, 11) is 0. The van der Waals surface area contributed by atoms with Crippen molar-refractivity contribution in [2.24, 2.45) is 0 Å². The summed E-state index contributed by atoms with van der Waals surface area (Å²) in [5.74, 6) is 0.0447. The number of hydrogen-bond acceptors (Lipinski definition) is 1. The first-order valence-electron chi connectivity index (χ1n) is 8.66. The van der Waals surface area contributed by atoms with Crippen molar-refractivity contribution in [1.82, 2.24) is 5.32 Å². The number of hydrogen-bond donors (Lipinski definition) is 1. The number of amides is 1. The molecule has 0 radical (unpaired) electrons. The topological polar surface area (TPSA) is 33.0 Å². The molecular weight excluding hydrogens is 308 g/mol. The Bertz CT molecular complexity index is 801. The first-order chi connectivity index (χ1) is 12.3. The molecule has 1 aromatic heterocycles. The Morgan fingerprint density at radius 1 is 0.840 bits per heavy atom. The SMILES string of the molecule is O=C(C[n+]1cccc(-c2ccccc2)c1)NCCCc1ccccc1. The maximum absolute atomic E-state index is 12.1. The van der Waals surface area contributed by atoms with E-state index in [1.165, 1.54) is 5.56 Å². The molecule has 1 heterocycles. The standard InChI is InChI=1S/C22H22N2O/c25-22(23-15-7-11-19-9-3-1-4-10-19)18-24-16-8-14-21(17-24)20-12-5-2-6-13-20/h1-6,8-10,12-14,16-17H,7,11,15,18H2/p+1. The maximum atomic E-state index is 12.1. The summed E-state index contributed by atoms with van der Waals surface area (Å²) >= 11 is 0. The molecule has 3 aromatic rings. The van der Waals surface area contributed by atoms with Crippen molar-refractivity contribution >= 4 is 5.91 Å². The molecule has 0 unspecified atom stereocenters. The second-order valence-electron chi connectivity index (χ2n) is 6.07. The number of nitrogens with one attached hydrogen (secondary N) is 1. The minimum absolute atomic E-state index is 0.0447. The van der Waals surface area contributed by atoms with E-state index in [1.54, 1.807) is 0 Å². The Balaban J connectivity index is 1.48. The average Bonchev–Trinajstić information content (AvgIpc) is 2.67. The lowest BCUT2D eigenvalue weighted by atomic mass is 10.1. The van der Waals surface area contributed by atoms with E-state index in [4.69, 9.17) is 0 Å². The average molecular weight is 331 g/mol. The van der Waals surface area contributed by atoms with E-state index in [2.05, 4.69) is 35.6 Å². The van der Waals surface area contributed by atoms with Crippen molar-refractivity contribution in [3.8, 4) is 11.1 Å². The van der Waals surface area contributed by atoms with E-state index < -0.39 is 0 Å². The molecule has 0 aliphatic carbocycles. The second-order valence-corrected chi connectivity index (χ2v) is 6.07. The van der Waals surface area contributed by atoms with Gasteiger partial charge in [0.25, 0.3) is 5.91 Å². The summed E-state index contributed by atoms with van der Waals surface area (Å²) in [6.45, 7) is 1.04. The predicted octanol–water partition coefficient (Wildman–Crippen LogP) is 3.39. The molecule has 0 saturated carbocycles. The van der Waals surface area contributed by atoms with E-state index in [-0.39, 0.29) is 5.91 Å². The van der Waals surface area contributed by atoms with Gasteiger partial charge >= 0.3 is 0 Å². The Morgan fingerprint density at radius 3 is 2.28 bits per heavy atom. The van der Waals surface area contributed by atoms with E-state index in [0.29, 0.717) is 13.1 Å². The van der Waals surface area contributed by atoms with Crippen molar-refractivity contribution in [2.45, 2.75) is 19.4 Å². The fraction of sp³-hybridized carbons (Fsp3) is 0.182. The van der Waals surface area contributed by atoms with Gasteiger partial charge in [-0.3, -0.25) is 4.79 Å². The van der Waals surface area contributed by atoms with E-state index in [9.17, 15) is 4.79 Å². The molecule has 25 heavy (non-hydrogen) atoms. The van der Waals surface area contributed by atoms with Crippen LogP contribution in [0.25, 0.3) is 11.1 Å². The smallest absolute Gasteiger partial charge is 0.285 e. The van der Waals surface area contributed by atoms with Crippen LogP contribution in [0.3, 0.4) is 0 Å². The summed E-state index contributed by atoms with van der Waals surface area (Å²) in [5, 5.41) is 3.00. The zero-order valence-corrected chi connectivity index (χ0v) is 14.3. The fourth-order valence-corrected chi connectivity index (χ4v) is 2.81. The number of nitrogens with zero attached hydrogens (tertiary/aromatic N) is 1. The molecule has 3 nitrogen and oxygen atoms in total. The van der Waals surface area contributed by atoms with Crippen LogP contribution < -0.4 is 9.88 Å². The minimum Gasteiger partial charge on any atom is -0.351 e. The molecular formula is C22H23N2O+. The maximum Gasteiger partial charge on any atom is 0.285 e. The van der Waals surface area contributed by atoms with Crippen molar-refractivity contribution in [1.29, 1.82) is 0 Å². The molecule has 0 spiro atoms. The molecule has 0 bridgehead atoms. The van der Waals surface area contributed by atoms with Gasteiger partial charge in [-0.2, -0.15) is 4.57 Å². The number of benzene rings is 2. The first-order valence-corrected chi connectivity index (χ1v) is 8.66. The van der Waals surface area contributed by atoms with Gasteiger partial charge in [0.1, 0.15) is 0 Å². The van der Waals surface area contributed by atoms with Crippen molar-refractivity contribution in [3.05, 3.63) is 90.8 Å². The van der Waals surface area contributed by atoms with Gasteiger partial charge in [0.05, 0.1) is 0 Å². The lowest BCUT2D eigenvalue weighted by molar-refractivity contribution is -0.684. The number of carbonyl (C=O) groups is 1. The van der Waals surface area contributed by atoms with Crippen LogP contribution in [0.2, 0.25) is 0 Å². The van der Waals surface area contributed by atoms with Crippen LogP contribution in [0.5, 0.6) is 0 Å². The van der Waals surface area contributed by atoms with Gasteiger partial charge in [0.15, 0.2) is 12.4 Å². The van der Waals surface area contributed by atoms with Gasteiger partial charge in [0.2, 0.25) is 6.54 Å². The molecule has 3 rings (SSSR count). The zero-order chi connectivity index (χ0) is 17.3. The highest BCUT2D eigenvalue weighted by atomic mass is 16.1. The van der Waals surface area contributed by atoms with Crippen LogP contribution >= 0.6 is 0 Å². The van der Waals surface area contributed by atoms with Crippen LogP contribution in [-0.2, 0) is 17.8 Å². The number of pyridine rings is 1. The monoisotopic (exact) mass is 331 g/mol. The van der Waals surface area contributed by atoms with Gasteiger partial charge in [-0.25, -0.2) is 0 Å². The van der Waals surface area contributed by atoms with Crippen molar-refractivity contribution in [3.63, 3.8) is 0 Å². The van der Waals surface area contributed by atoms with Gasteiger partial charge in [-0.1, -0.05) is 60.7 Å². The molecule has 1 amide bonds. The summed E-state index contributed by atoms with van der Waals surface area (Å²) in [6, 6.07) is 24.6. The van der Waals surface area contributed by atoms with E-state index >= 15 is 0 Å².